The molecule has 0 aromatic rings. The fourth-order valence-corrected chi connectivity index (χ4v) is 1.02. The van der Waals surface area contributed by atoms with Crippen LogP contribution in [0.3, 0.4) is 0 Å². The van der Waals surface area contributed by atoms with Crippen molar-refractivity contribution in [2.24, 2.45) is 0 Å². The van der Waals surface area contributed by atoms with Crippen LogP contribution in [0.4, 0.5) is 0 Å². The highest BCUT2D eigenvalue weighted by Gasteiger charge is 1.90. The summed E-state index contributed by atoms with van der Waals surface area (Å²) < 4.78 is 0. The summed E-state index contributed by atoms with van der Waals surface area (Å²) in [4.78, 5) is 0. The van der Waals surface area contributed by atoms with Gasteiger partial charge in [-0.2, -0.15) is 0 Å². The highest BCUT2D eigenvalue weighted by Crippen LogP contribution is 2.10. The van der Waals surface area contributed by atoms with Crippen LogP contribution < -0.4 is 0 Å². The van der Waals surface area contributed by atoms with Crippen molar-refractivity contribution in [2.45, 2.75) is 39.5 Å². The molecule has 0 saturated heterocycles. The van der Waals surface area contributed by atoms with Crippen LogP contribution in [0.2, 0.25) is 0 Å². The summed E-state index contributed by atoms with van der Waals surface area (Å²) in [5.74, 6) is 0. The summed E-state index contributed by atoms with van der Waals surface area (Å²) in [6.07, 6.45) is 6.69. The number of allylic oxidation sites excluding steroid dienone is 3. The van der Waals surface area contributed by atoms with Gasteiger partial charge < -0.3 is 0 Å². The third-order valence-corrected chi connectivity index (χ3v) is 1.67. The molecule has 63 valence electrons. The lowest BCUT2D eigenvalue weighted by Gasteiger charge is -2.00. The molecule has 0 aromatic heterocycles. The number of hydrogen-bond acceptors (Lipinski definition) is 0. The average Bonchev–Trinajstić information content (AvgIpc) is 1.87. The second-order valence-electron chi connectivity index (χ2n) is 3.15. The second kappa shape index (κ2) is 6.21. The van der Waals surface area contributed by atoms with Gasteiger partial charge in [-0.1, -0.05) is 17.2 Å². The van der Waals surface area contributed by atoms with E-state index in [1.807, 2.05) is 0 Å². The van der Waals surface area contributed by atoms with Gasteiger partial charge in [0.25, 0.3) is 0 Å². The van der Waals surface area contributed by atoms with E-state index in [9.17, 15) is 0 Å². The quantitative estimate of drug-likeness (QED) is 0.523. The van der Waals surface area contributed by atoms with E-state index in [1.165, 1.54) is 24.0 Å². The molecule has 0 saturated carbocycles. The van der Waals surface area contributed by atoms with Crippen molar-refractivity contribution in [3.63, 3.8) is 0 Å². The Morgan fingerprint density at radius 2 is 1.91 bits per heavy atom. The summed E-state index contributed by atoms with van der Waals surface area (Å²) in [6.45, 7) is 11.9. The van der Waals surface area contributed by atoms with Gasteiger partial charge in [0.05, 0.1) is 0 Å². The molecular weight excluding hydrogens is 132 g/mol. The van der Waals surface area contributed by atoms with Gasteiger partial charge in [-0.15, -0.1) is 6.58 Å². The highest BCUT2D eigenvalue weighted by atomic mass is 14.0. The zero-order valence-electron chi connectivity index (χ0n) is 7.82. The summed E-state index contributed by atoms with van der Waals surface area (Å²) in [6, 6.07) is 0. The van der Waals surface area contributed by atoms with Crippen molar-refractivity contribution in [2.75, 3.05) is 0 Å². The van der Waals surface area contributed by atoms with E-state index in [1.54, 1.807) is 0 Å². The van der Waals surface area contributed by atoms with E-state index in [2.05, 4.69) is 33.4 Å². The van der Waals surface area contributed by atoms with Crippen molar-refractivity contribution in [3.05, 3.63) is 30.7 Å². The average molecular weight is 151 g/mol. The van der Waals surface area contributed by atoms with E-state index in [-0.39, 0.29) is 0 Å². The van der Waals surface area contributed by atoms with Crippen LogP contribution in [0, 0.1) is 6.92 Å². The Bertz CT molecular complexity index is 140. The molecule has 0 aliphatic heterocycles. The molecule has 0 spiro atoms. The lowest BCUT2D eigenvalue weighted by molar-refractivity contribution is 0.803. The molecule has 0 heteroatoms. The normalized spacial score (nSPS) is 11.7. The Balaban J connectivity index is 3.38. The molecular formula is C11H19. The van der Waals surface area contributed by atoms with E-state index in [0.717, 1.165) is 12.8 Å². The van der Waals surface area contributed by atoms with E-state index >= 15 is 0 Å². The van der Waals surface area contributed by atoms with Gasteiger partial charge in [-0.3, -0.25) is 0 Å². The van der Waals surface area contributed by atoms with Gasteiger partial charge in [0.2, 0.25) is 0 Å². The lowest BCUT2D eigenvalue weighted by Crippen LogP contribution is -1.80. The molecule has 11 heavy (non-hydrogen) atoms. The van der Waals surface area contributed by atoms with Crippen molar-refractivity contribution in [1.82, 2.24) is 0 Å². The third-order valence-electron chi connectivity index (χ3n) is 1.67. The first-order valence-corrected chi connectivity index (χ1v) is 4.26. The Morgan fingerprint density at radius 1 is 1.27 bits per heavy atom. The van der Waals surface area contributed by atoms with Crippen LogP contribution in [0.25, 0.3) is 0 Å². The first-order chi connectivity index (χ1) is 5.16. The van der Waals surface area contributed by atoms with Gasteiger partial charge in [0.15, 0.2) is 0 Å². The Hall–Kier alpha value is -0.520. The predicted molar refractivity (Wildman–Crippen MR) is 52.4 cm³/mol. The minimum atomic E-state index is 0.916. The standard InChI is InChI=1S/C11H19/c1-5-7-11(4)9-6-8-10(2)3/h7H,1-2,5-6,8-9H2,3-4H3. The number of hydrogen-bond donors (Lipinski definition) is 0. The fraction of sp³-hybridized carbons (Fsp3) is 0.545. The molecule has 0 unspecified atom stereocenters. The fourth-order valence-electron chi connectivity index (χ4n) is 1.02. The Kier molecular flexibility index (Phi) is 5.91. The SMILES string of the molecule is [CH2]CC=C(C)CCCC(=C)C. The topological polar surface area (TPSA) is 0 Å². The van der Waals surface area contributed by atoms with Gasteiger partial charge in [0, 0.05) is 0 Å². The molecule has 0 nitrogen and oxygen atoms in total. The van der Waals surface area contributed by atoms with Gasteiger partial charge in [-0.05, 0) is 46.5 Å². The van der Waals surface area contributed by atoms with Crippen molar-refractivity contribution in [1.29, 1.82) is 0 Å². The molecule has 0 atom stereocenters. The summed E-state index contributed by atoms with van der Waals surface area (Å²) in [7, 11) is 0. The largest absolute Gasteiger partial charge is 0.100 e. The molecule has 0 bridgehead atoms. The number of rotatable bonds is 5. The highest BCUT2D eigenvalue weighted by molar-refractivity contribution is 4.99. The van der Waals surface area contributed by atoms with Crippen LogP contribution in [0.5, 0.6) is 0 Å². The minimum Gasteiger partial charge on any atom is -0.100 e. The summed E-state index contributed by atoms with van der Waals surface area (Å²) in [5, 5.41) is 0. The van der Waals surface area contributed by atoms with E-state index in [4.69, 9.17) is 0 Å². The van der Waals surface area contributed by atoms with Gasteiger partial charge >= 0.3 is 0 Å². The first-order valence-electron chi connectivity index (χ1n) is 4.26. The zero-order chi connectivity index (χ0) is 8.69. The Labute approximate surface area is 71.0 Å². The maximum atomic E-state index is 3.87. The molecule has 0 fully saturated rings. The lowest BCUT2D eigenvalue weighted by atomic mass is 10.1. The van der Waals surface area contributed by atoms with Gasteiger partial charge in [0.1, 0.15) is 0 Å². The van der Waals surface area contributed by atoms with Crippen molar-refractivity contribution < 1.29 is 0 Å². The van der Waals surface area contributed by atoms with Crippen LogP contribution in [0.1, 0.15) is 39.5 Å². The first kappa shape index (κ1) is 10.5. The molecule has 0 rings (SSSR count). The minimum absolute atomic E-state index is 0.916. The molecule has 1 radical (unpaired) electrons. The zero-order valence-corrected chi connectivity index (χ0v) is 7.82. The smallest absolute Gasteiger partial charge is 0.0320 e. The maximum Gasteiger partial charge on any atom is -0.0320 e. The summed E-state index contributed by atoms with van der Waals surface area (Å²) >= 11 is 0. The van der Waals surface area contributed by atoms with Crippen LogP contribution in [0.15, 0.2) is 23.8 Å². The summed E-state index contributed by atoms with van der Waals surface area (Å²) in [5.41, 5.74) is 2.74. The maximum absolute atomic E-state index is 3.87. The monoisotopic (exact) mass is 151 g/mol. The van der Waals surface area contributed by atoms with E-state index < -0.39 is 0 Å². The van der Waals surface area contributed by atoms with Crippen LogP contribution in [-0.2, 0) is 0 Å². The molecule has 0 aliphatic carbocycles. The molecule has 0 amide bonds. The Morgan fingerprint density at radius 3 is 2.36 bits per heavy atom. The van der Waals surface area contributed by atoms with E-state index in [0.29, 0.717) is 0 Å². The predicted octanol–water partition coefficient (Wildman–Crippen LogP) is 3.90. The third kappa shape index (κ3) is 7.38. The molecule has 0 aliphatic rings. The van der Waals surface area contributed by atoms with Crippen LogP contribution >= 0.6 is 0 Å². The van der Waals surface area contributed by atoms with Crippen molar-refractivity contribution in [3.8, 4) is 0 Å². The molecule has 0 aromatic carbocycles. The van der Waals surface area contributed by atoms with Gasteiger partial charge in [-0.25, -0.2) is 0 Å². The van der Waals surface area contributed by atoms with Crippen LogP contribution in [-0.4, -0.2) is 0 Å². The van der Waals surface area contributed by atoms with Crippen molar-refractivity contribution >= 4 is 0 Å². The molecule has 0 heterocycles. The second-order valence-corrected chi connectivity index (χ2v) is 3.15. The molecule has 0 N–H and O–H groups in total.